The maximum Gasteiger partial charge on any atom is 0.164 e. The minimum Gasteiger partial charge on any atom is -0.294 e. The first-order chi connectivity index (χ1) is 8.62. The van der Waals surface area contributed by atoms with Crippen LogP contribution in [0.5, 0.6) is 0 Å². The average Bonchev–Trinajstić information content (AvgIpc) is 2.35. The molecule has 1 aromatic rings. The van der Waals surface area contributed by atoms with Crippen molar-refractivity contribution < 1.29 is 4.79 Å². The normalized spacial score (nSPS) is 22.0. The Bertz CT molecular complexity index is 498. The Morgan fingerprint density at radius 2 is 1.83 bits per heavy atom. The van der Waals surface area contributed by atoms with Crippen LogP contribution in [-0.2, 0) is 5.41 Å². The molecule has 1 spiro atoms. The molecule has 0 atom stereocenters. The molecule has 2 aliphatic rings. The lowest BCUT2D eigenvalue weighted by Gasteiger charge is -2.42. The van der Waals surface area contributed by atoms with Gasteiger partial charge in [0, 0.05) is 16.5 Å². The van der Waals surface area contributed by atoms with E-state index in [9.17, 15) is 4.79 Å². The molecule has 18 heavy (non-hydrogen) atoms. The van der Waals surface area contributed by atoms with Crippen LogP contribution in [0.4, 0.5) is 0 Å². The molecule has 0 N–H and O–H groups in total. The lowest BCUT2D eigenvalue weighted by molar-refractivity contribution is 0.0937. The number of ketones is 1. The Balaban J connectivity index is 2.18. The molecule has 96 valence electrons. The van der Waals surface area contributed by atoms with Gasteiger partial charge in [0.2, 0.25) is 0 Å². The van der Waals surface area contributed by atoms with E-state index >= 15 is 0 Å². The molecule has 1 fully saturated rings. The van der Waals surface area contributed by atoms with E-state index in [4.69, 9.17) is 0 Å². The summed E-state index contributed by atoms with van der Waals surface area (Å²) in [5.74, 6) is 0.327. The second-order valence-corrected chi connectivity index (χ2v) is 6.79. The number of carbonyl (C=O) groups is 1. The number of carbonyl (C=O) groups excluding carboxylic acids is 1. The topological polar surface area (TPSA) is 17.1 Å². The van der Waals surface area contributed by atoms with Crippen LogP contribution >= 0.6 is 15.9 Å². The zero-order valence-electron chi connectivity index (χ0n) is 10.9. The van der Waals surface area contributed by atoms with Crippen molar-refractivity contribution >= 4 is 21.7 Å². The van der Waals surface area contributed by atoms with Crippen molar-refractivity contribution in [3.05, 3.63) is 33.3 Å². The van der Waals surface area contributed by atoms with Crippen LogP contribution in [-0.4, -0.2) is 5.78 Å². The van der Waals surface area contributed by atoms with E-state index in [1.54, 1.807) is 0 Å². The fourth-order valence-electron chi connectivity index (χ4n) is 3.80. The van der Waals surface area contributed by atoms with Crippen LogP contribution in [0.25, 0.3) is 0 Å². The lowest BCUT2D eigenvalue weighted by atomic mass is 9.62. The summed E-state index contributed by atoms with van der Waals surface area (Å²) in [5, 5.41) is 0. The molecule has 2 heteroatoms. The van der Waals surface area contributed by atoms with Gasteiger partial charge < -0.3 is 0 Å². The monoisotopic (exact) mass is 306 g/mol. The van der Waals surface area contributed by atoms with Gasteiger partial charge in [-0.25, -0.2) is 0 Å². The van der Waals surface area contributed by atoms with Crippen molar-refractivity contribution in [2.45, 2.75) is 57.3 Å². The van der Waals surface area contributed by atoms with Crippen molar-refractivity contribution in [1.29, 1.82) is 0 Å². The number of benzene rings is 1. The van der Waals surface area contributed by atoms with E-state index in [0.717, 1.165) is 22.9 Å². The number of hydrogen-bond acceptors (Lipinski definition) is 1. The molecule has 1 aromatic carbocycles. The molecule has 0 amide bonds. The standard InChI is InChI=1S/C16H19BrO/c1-11-9-12-15(13(17)10-11)14(18)5-8-16(12)6-3-2-4-7-16/h9-10H,2-8H2,1H3. The minimum atomic E-state index is 0.302. The molecule has 0 bridgehead atoms. The third-order valence-electron chi connectivity index (χ3n) is 4.73. The van der Waals surface area contributed by atoms with Crippen LogP contribution in [0.15, 0.2) is 16.6 Å². The van der Waals surface area contributed by atoms with E-state index in [-0.39, 0.29) is 0 Å². The van der Waals surface area contributed by atoms with Gasteiger partial charge in [-0.1, -0.05) is 41.3 Å². The maximum absolute atomic E-state index is 12.2. The largest absolute Gasteiger partial charge is 0.294 e. The molecule has 0 heterocycles. The fourth-order valence-corrected chi connectivity index (χ4v) is 4.60. The SMILES string of the molecule is Cc1cc(Br)c2c(c1)C1(CCCCC1)CCC2=O. The summed E-state index contributed by atoms with van der Waals surface area (Å²) in [7, 11) is 0. The molecule has 1 nitrogen and oxygen atoms in total. The van der Waals surface area contributed by atoms with Crippen LogP contribution in [0.2, 0.25) is 0 Å². The number of hydrogen-bond donors (Lipinski definition) is 0. The zero-order chi connectivity index (χ0) is 12.8. The Kier molecular flexibility index (Phi) is 3.09. The highest BCUT2D eigenvalue weighted by molar-refractivity contribution is 9.10. The van der Waals surface area contributed by atoms with E-state index in [2.05, 4.69) is 35.0 Å². The van der Waals surface area contributed by atoms with E-state index in [1.807, 2.05) is 0 Å². The van der Waals surface area contributed by atoms with Gasteiger partial charge in [-0.15, -0.1) is 0 Å². The summed E-state index contributed by atoms with van der Waals surface area (Å²) in [4.78, 5) is 12.2. The average molecular weight is 307 g/mol. The highest BCUT2D eigenvalue weighted by Crippen LogP contribution is 2.49. The molecule has 0 saturated heterocycles. The van der Waals surface area contributed by atoms with Crippen molar-refractivity contribution in [1.82, 2.24) is 0 Å². The molecule has 3 rings (SSSR count). The number of rotatable bonds is 0. The van der Waals surface area contributed by atoms with Crippen LogP contribution < -0.4 is 0 Å². The van der Waals surface area contributed by atoms with Gasteiger partial charge in [-0.2, -0.15) is 0 Å². The molecular formula is C16H19BrO. The van der Waals surface area contributed by atoms with Gasteiger partial charge in [0.05, 0.1) is 0 Å². The van der Waals surface area contributed by atoms with Gasteiger partial charge in [0.1, 0.15) is 0 Å². The minimum absolute atomic E-state index is 0.302. The Morgan fingerprint density at radius 3 is 2.56 bits per heavy atom. The molecule has 1 saturated carbocycles. The second-order valence-electron chi connectivity index (χ2n) is 5.93. The molecule has 0 aromatic heterocycles. The van der Waals surface area contributed by atoms with Gasteiger partial charge >= 0.3 is 0 Å². The third kappa shape index (κ3) is 1.85. The predicted molar refractivity (Wildman–Crippen MR) is 77.2 cm³/mol. The molecule has 2 aliphatic carbocycles. The Morgan fingerprint density at radius 1 is 1.11 bits per heavy atom. The Labute approximate surface area is 117 Å². The number of Topliss-reactive ketones (excluding diaryl/α,β-unsaturated/α-hetero) is 1. The molecule has 0 unspecified atom stereocenters. The highest BCUT2D eigenvalue weighted by Gasteiger charge is 2.40. The quantitative estimate of drug-likeness (QED) is 0.664. The van der Waals surface area contributed by atoms with Crippen molar-refractivity contribution in [2.24, 2.45) is 0 Å². The summed E-state index contributed by atoms with van der Waals surface area (Å²) < 4.78 is 1.01. The Hall–Kier alpha value is -0.630. The number of halogens is 1. The van der Waals surface area contributed by atoms with Gasteiger partial charge in [0.25, 0.3) is 0 Å². The maximum atomic E-state index is 12.2. The van der Waals surface area contributed by atoms with E-state index < -0.39 is 0 Å². The van der Waals surface area contributed by atoms with Gasteiger partial charge in [-0.3, -0.25) is 4.79 Å². The fraction of sp³-hybridized carbons (Fsp3) is 0.562. The second kappa shape index (κ2) is 4.48. The summed E-state index contributed by atoms with van der Waals surface area (Å²) >= 11 is 3.60. The zero-order valence-corrected chi connectivity index (χ0v) is 12.5. The van der Waals surface area contributed by atoms with Crippen molar-refractivity contribution in [3.8, 4) is 0 Å². The summed E-state index contributed by atoms with van der Waals surface area (Å²) in [6.07, 6.45) is 8.33. The molecule has 0 radical (unpaired) electrons. The first-order valence-electron chi connectivity index (χ1n) is 6.96. The smallest absolute Gasteiger partial charge is 0.164 e. The van der Waals surface area contributed by atoms with Gasteiger partial charge in [-0.05, 0) is 48.8 Å². The van der Waals surface area contributed by atoms with Crippen LogP contribution in [0.1, 0.15) is 66.4 Å². The summed E-state index contributed by atoms with van der Waals surface area (Å²) in [5.41, 5.74) is 3.88. The first-order valence-corrected chi connectivity index (χ1v) is 7.76. The summed E-state index contributed by atoms with van der Waals surface area (Å²) in [6, 6.07) is 4.35. The molecule has 0 aliphatic heterocycles. The number of aryl methyl sites for hydroxylation is 1. The van der Waals surface area contributed by atoms with Crippen LogP contribution in [0.3, 0.4) is 0 Å². The van der Waals surface area contributed by atoms with Crippen LogP contribution in [0, 0.1) is 6.92 Å². The first kappa shape index (κ1) is 12.4. The van der Waals surface area contributed by atoms with Crippen molar-refractivity contribution in [3.63, 3.8) is 0 Å². The van der Waals surface area contributed by atoms with Crippen molar-refractivity contribution in [2.75, 3.05) is 0 Å². The predicted octanol–water partition coefficient (Wildman–Crippen LogP) is 4.94. The molecular weight excluding hydrogens is 288 g/mol. The third-order valence-corrected chi connectivity index (χ3v) is 5.35. The number of fused-ring (bicyclic) bond motifs is 2. The highest BCUT2D eigenvalue weighted by atomic mass is 79.9. The lowest BCUT2D eigenvalue weighted by Crippen LogP contribution is -2.35. The van der Waals surface area contributed by atoms with Gasteiger partial charge in [0.15, 0.2) is 5.78 Å². The van der Waals surface area contributed by atoms with E-state index in [0.29, 0.717) is 11.2 Å². The van der Waals surface area contributed by atoms with E-state index in [1.165, 1.54) is 43.2 Å². The summed E-state index contributed by atoms with van der Waals surface area (Å²) in [6.45, 7) is 2.13.